The van der Waals surface area contributed by atoms with Crippen LogP contribution in [0.1, 0.15) is 5.56 Å². The molecule has 0 aliphatic rings. The maximum absolute atomic E-state index is 13.0. The monoisotopic (exact) mass is 354 g/mol. The Hall–Kier alpha value is -2.73. The van der Waals surface area contributed by atoms with Crippen LogP contribution in [0.15, 0.2) is 48.5 Å². The molecule has 0 amide bonds. The van der Waals surface area contributed by atoms with Crippen molar-refractivity contribution in [1.82, 2.24) is 19.7 Å². The van der Waals surface area contributed by atoms with Crippen molar-refractivity contribution < 1.29 is 9.13 Å². The maximum atomic E-state index is 13.0. The molecular formula is C20H23FN4O. The average molecular weight is 354 g/mol. The van der Waals surface area contributed by atoms with E-state index in [9.17, 15) is 4.39 Å². The Balaban J connectivity index is 1.99. The van der Waals surface area contributed by atoms with Crippen LogP contribution in [0.5, 0.6) is 5.75 Å². The zero-order valence-corrected chi connectivity index (χ0v) is 15.3. The number of rotatable bonds is 7. The second-order valence-corrected chi connectivity index (χ2v) is 6.34. The normalized spacial score (nSPS) is 11.1. The van der Waals surface area contributed by atoms with E-state index in [-0.39, 0.29) is 6.54 Å². The molecule has 0 aliphatic carbocycles. The van der Waals surface area contributed by atoms with Crippen LogP contribution < -0.4 is 4.74 Å². The summed E-state index contributed by atoms with van der Waals surface area (Å²) in [5.74, 6) is 2.02. The van der Waals surface area contributed by atoms with E-state index in [0.29, 0.717) is 11.6 Å². The lowest BCUT2D eigenvalue weighted by Gasteiger charge is -2.11. The lowest BCUT2D eigenvalue weighted by molar-refractivity contribution is 0.402. The van der Waals surface area contributed by atoms with Gasteiger partial charge in [-0.15, -0.1) is 0 Å². The highest BCUT2D eigenvalue weighted by Crippen LogP contribution is 2.25. The smallest absolute Gasteiger partial charge is 0.181 e. The first-order chi connectivity index (χ1) is 12.6. The Labute approximate surface area is 153 Å². The van der Waals surface area contributed by atoms with E-state index in [1.165, 1.54) is 5.56 Å². The Bertz CT molecular complexity index is 859. The van der Waals surface area contributed by atoms with Crippen molar-refractivity contribution in [3.63, 3.8) is 0 Å². The number of hydrogen-bond acceptors (Lipinski definition) is 4. The minimum atomic E-state index is -0.490. The fraction of sp³-hybridized carbons (Fsp3) is 0.300. The second kappa shape index (κ2) is 8.10. The highest BCUT2D eigenvalue weighted by Gasteiger charge is 2.14. The number of hydrogen-bond donors (Lipinski definition) is 0. The second-order valence-electron chi connectivity index (χ2n) is 6.34. The van der Waals surface area contributed by atoms with Gasteiger partial charge in [0.15, 0.2) is 11.6 Å². The van der Waals surface area contributed by atoms with E-state index >= 15 is 0 Å². The SMILES string of the molecule is COc1ccc(-c2nc(-c3cccc(CN(C)C)c3)n(CCF)n2)cc1. The highest BCUT2D eigenvalue weighted by molar-refractivity contribution is 5.62. The van der Waals surface area contributed by atoms with Crippen molar-refractivity contribution in [1.29, 1.82) is 0 Å². The number of benzene rings is 2. The minimum Gasteiger partial charge on any atom is -0.497 e. The zero-order valence-electron chi connectivity index (χ0n) is 15.3. The van der Waals surface area contributed by atoms with E-state index in [2.05, 4.69) is 27.1 Å². The van der Waals surface area contributed by atoms with Gasteiger partial charge in [-0.25, -0.2) is 14.1 Å². The van der Waals surface area contributed by atoms with E-state index in [1.807, 2.05) is 50.5 Å². The molecule has 1 aromatic heterocycles. The molecule has 0 saturated heterocycles. The zero-order chi connectivity index (χ0) is 18.5. The Morgan fingerprint density at radius 1 is 1.08 bits per heavy atom. The summed E-state index contributed by atoms with van der Waals surface area (Å²) in [6.45, 7) is 0.516. The van der Waals surface area contributed by atoms with Crippen molar-refractivity contribution in [2.75, 3.05) is 27.9 Å². The van der Waals surface area contributed by atoms with Crippen LogP contribution in [-0.2, 0) is 13.1 Å². The van der Waals surface area contributed by atoms with Crippen LogP contribution in [0.3, 0.4) is 0 Å². The fourth-order valence-corrected chi connectivity index (χ4v) is 2.83. The molecule has 1 heterocycles. The third kappa shape index (κ3) is 4.08. The van der Waals surface area contributed by atoms with Crippen LogP contribution in [0.4, 0.5) is 4.39 Å². The summed E-state index contributed by atoms with van der Waals surface area (Å²) >= 11 is 0. The molecule has 0 spiro atoms. The lowest BCUT2D eigenvalue weighted by Crippen LogP contribution is -2.10. The minimum absolute atomic E-state index is 0.177. The van der Waals surface area contributed by atoms with Gasteiger partial charge in [-0.2, -0.15) is 5.10 Å². The lowest BCUT2D eigenvalue weighted by atomic mass is 10.1. The summed E-state index contributed by atoms with van der Waals surface area (Å²) < 4.78 is 19.8. The summed E-state index contributed by atoms with van der Waals surface area (Å²) in [6, 6.07) is 15.7. The van der Waals surface area contributed by atoms with Crippen LogP contribution in [0, 0.1) is 0 Å². The van der Waals surface area contributed by atoms with Crippen LogP contribution >= 0.6 is 0 Å². The molecular weight excluding hydrogens is 331 g/mol. The van der Waals surface area contributed by atoms with Crippen molar-refractivity contribution in [2.24, 2.45) is 0 Å². The number of methoxy groups -OCH3 is 1. The van der Waals surface area contributed by atoms with Gasteiger partial charge in [0, 0.05) is 17.7 Å². The predicted octanol–water partition coefficient (Wildman–Crippen LogP) is 3.65. The van der Waals surface area contributed by atoms with E-state index in [1.54, 1.807) is 11.8 Å². The molecule has 2 aromatic carbocycles. The molecule has 0 atom stereocenters. The molecule has 3 rings (SSSR count). The largest absolute Gasteiger partial charge is 0.497 e. The summed E-state index contributed by atoms with van der Waals surface area (Å²) in [5, 5.41) is 4.51. The molecule has 0 fully saturated rings. The maximum Gasteiger partial charge on any atom is 0.181 e. The van der Waals surface area contributed by atoms with Gasteiger partial charge in [0.25, 0.3) is 0 Å². The van der Waals surface area contributed by atoms with Crippen LogP contribution in [0.25, 0.3) is 22.8 Å². The number of aryl methyl sites for hydroxylation is 1. The molecule has 0 radical (unpaired) electrons. The van der Waals surface area contributed by atoms with Crippen molar-refractivity contribution in [2.45, 2.75) is 13.1 Å². The molecule has 26 heavy (non-hydrogen) atoms. The third-order valence-electron chi connectivity index (χ3n) is 4.00. The Morgan fingerprint density at radius 2 is 1.85 bits per heavy atom. The number of aromatic nitrogens is 3. The average Bonchev–Trinajstić information content (AvgIpc) is 3.06. The first kappa shape index (κ1) is 18.1. The van der Waals surface area contributed by atoms with Gasteiger partial charge >= 0.3 is 0 Å². The van der Waals surface area contributed by atoms with Crippen molar-refractivity contribution in [3.8, 4) is 28.5 Å². The number of alkyl halides is 1. The predicted molar refractivity (Wildman–Crippen MR) is 101 cm³/mol. The summed E-state index contributed by atoms with van der Waals surface area (Å²) in [6.07, 6.45) is 0. The van der Waals surface area contributed by atoms with E-state index < -0.39 is 6.67 Å². The molecule has 6 heteroatoms. The quantitative estimate of drug-likeness (QED) is 0.650. The first-order valence-electron chi connectivity index (χ1n) is 8.50. The van der Waals surface area contributed by atoms with E-state index in [0.717, 1.165) is 23.4 Å². The molecule has 0 aliphatic heterocycles. The summed E-state index contributed by atoms with van der Waals surface area (Å²) in [4.78, 5) is 6.78. The van der Waals surface area contributed by atoms with Gasteiger partial charge in [-0.1, -0.05) is 18.2 Å². The fourth-order valence-electron chi connectivity index (χ4n) is 2.83. The number of ether oxygens (including phenoxy) is 1. The van der Waals surface area contributed by atoms with Gasteiger partial charge in [0.05, 0.1) is 13.7 Å². The molecule has 0 unspecified atom stereocenters. The Morgan fingerprint density at radius 3 is 2.50 bits per heavy atom. The Kier molecular flexibility index (Phi) is 5.63. The van der Waals surface area contributed by atoms with Crippen molar-refractivity contribution in [3.05, 3.63) is 54.1 Å². The van der Waals surface area contributed by atoms with Gasteiger partial charge in [0.2, 0.25) is 0 Å². The van der Waals surface area contributed by atoms with Gasteiger partial charge in [-0.3, -0.25) is 0 Å². The van der Waals surface area contributed by atoms with Crippen LogP contribution in [0.2, 0.25) is 0 Å². The van der Waals surface area contributed by atoms with Gasteiger partial charge < -0.3 is 9.64 Å². The third-order valence-corrected chi connectivity index (χ3v) is 4.00. The van der Waals surface area contributed by atoms with Crippen LogP contribution in [-0.4, -0.2) is 47.5 Å². The number of nitrogens with zero attached hydrogens (tertiary/aromatic N) is 4. The molecule has 0 saturated carbocycles. The molecule has 0 N–H and O–H groups in total. The number of halogens is 1. The standard InChI is InChI=1S/C20H23FN4O/c1-24(2)14-15-5-4-6-17(13-15)20-22-19(23-25(20)12-11-21)16-7-9-18(26-3)10-8-16/h4-10,13H,11-12,14H2,1-3H3. The molecule has 0 bridgehead atoms. The van der Waals surface area contributed by atoms with Gasteiger partial charge in [0.1, 0.15) is 12.4 Å². The van der Waals surface area contributed by atoms with Crippen molar-refractivity contribution >= 4 is 0 Å². The molecule has 5 nitrogen and oxygen atoms in total. The molecule has 136 valence electrons. The summed E-state index contributed by atoms with van der Waals surface area (Å²) in [7, 11) is 5.68. The van der Waals surface area contributed by atoms with E-state index in [4.69, 9.17) is 4.74 Å². The summed E-state index contributed by atoms with van der Waals surface area (Å²) in [5.41, 5.74) is 2.98. The first-order valence-corrected chi connectivity index (χ1v) is 8.50. The topological polar surface area (TPSA) is 43.2 Å². The molecule has 3 aromatic rings. The van der Waals surface area contributed by atoms with Gasteiger partial charge in [-0.05, 0) is 50.0 Å². The highest BCUT2D eigenvalue weighted by atomic mass is 19.1.